The molecule has 0 spiro atoms. The van der Waals surface area contributed by atoms with E-state index in [1.807, 2.05) is 60.7 Å². The van der Waals surface area contributed by atoms with Crippen LogP contribution in [0.15, 0.2) is 70.3 Å². The minimum Gasteiger partial charge on any atom is -0.304 e. The van der Waals surface area contributed by atoms with Crippen molar-refractivity contribution in [2.45, 2.75) is 19.5 Å². The fourth-order valence-electron chi connectivity index (χ4n) is 3.33. The Morgan fingerprint density at radius 3 is 2.14 bits per heavy atom. The van der Waals surface area contributed by atoms with Gasteiger partial charge in [0.1, 0.15) is 0 Å². The molecule has 0 bridgehead atoms. The van der Waals surface area contributed by atoms with E-state index in [0.717, 1.165) is 15.7 Å². The van der Waals surface area contributed by atoms with Gasteiger partial charge in [0.2, 0.25) is 5.28 Å². The van der Waals surface area contributed by atoms with Crippen molar-refractivity contribution < 1.29 is 0 Å². The van der Waals surface area contributed by atoms with E-state index >= 15 is 0 Å². The highest BCUT2D eigenvalue weighted by Gasteiger charge is 2.19. The monoisotopic (exact) mass is 394 g/mol. The van der Waals surface area contributed by atoms with Gasteiger partial charge < -0.3 is 4.57 Å². The second-order valence-electron chi connectivity index (χ2n) is 6.66. The van der Waals surface area contributed by atoms with Crippen LogP contribution in [0.5, 0.6) is 0 Å². The number of hydrogen-bond acceptors (Lipinski definition) is 3. The smallest absolute Gasteiger partial charge is 0.304 e. The number of aryl methyl sites for hydroxylation is 2. The summed E-state index contributed by atoms with van der Waals surface area (Å²) >= 11 is 6.37. The molecule has 0 radical (unpaired) electrons. The molecule has 0 aliphatic heterocycles. The fraction of sp³-hybridized carbons (Fsp3) is 0.190. The minimum absolute atomic E-state index is 0.190. The Morgan fingerprint density at radius 2 is 1.50 bits per heavy atom. The molecule has 0 unspecified atom stereocenters. The maximum absolute atomic E-state index is 12.8. The van der Waals surface area contributed by atoms with Gasteiger partial charge in [-0.3, -0.25) is 13.9 Å². The van der Waals surface area contributed by atoms with Crippen LogP contribution in [-0.2, 0) is 26.6 Å². The van der Waals surface area contributed by atoms with Crippen molar-refractivity contribution in [1.29, 1.82) is 0 Å². The van der Waals surface area contributed by atoms with Crippen LogP contribution < -0.4 is 11.2 Å². The third-order valence-corrected chi connectivity index (χ3v) is 5.12. The van der Waals surface area contributed by atoms with Crippen molar-refractivity contribution in [2.24, 2.45) is 7.05 Å². The third-order valence-electron chi connectivity index (χ3n) is 4.83. The molecule has 7 heteroatoms. The van der Waals surface area contributed by atoms with Crippen LogP contribution >= 0.6 is 11.6 Å². The molecule has 0 atom stereocenters. The summed E-state index contributed by atoms with van der Waals surface area (Å²) < 4.78 is 4.30. The first kappa shape index (κ1) is 18.3. The molecule has 0 saturated heterocycles. The standard InChI is InChI=1S/C21H19ClN4O2/c1-24-19(27)17-18(23-20(22)26(17)14-16-10-6-3-7-11-16)25(21(24)28)13-12-15-8-4-2-5-9-15/h2-11H,12-14H2,1H3. The van der Waals surface area contributed by atoms with E-state index in [-0.39, 0.29) is 5.28 Å². The number of aromatic nitrogens is 4. The van der Waals surface area contributed by atoms with Gasteiger partial charge in [0, 0.05) is 13.6 Å². The second-order valence-corrected chi connectivity index (χ2v) is 7.00. The molecular weight excluding hydrogens is 376 g/mol. The van der Waals surface area contributed by atoms with Crippen molar-refractivity contribution in [3.63, 3.8) is 0 Å². The number of fused-ring (bicyclic) bond motifs is 1. The Labute approximate surface area is 166 Å². The third kappa shape index (κ3) is 3.27. The van der Waals surface area contributed by atoms with E-state index in [1.165, 1.54) is 11.6 Å². The highest BCUT2D eigenvalue weighted by atomic mass is 35.5. The molecule has 0 aliphatic carbocycles. The van der Waals surface area contributed by atoms with Crippen LogP contribution in [0.25, 0.3) is 11.2 Å². The quantitative estimate of drug-likeness (QED) is 0.489. The van der Waals surface area contributed by atoms with Gasteiger partial charge in [0.05, 0.1) is 6.54 Å². The Morgan fingerprint density at radius 1 is 0.893 bits per heavy atom. The molecule has 0 aliphatic rings. The van der Waals surface area contributed by atoms with E-state index in [4.69, 9.17) is 11.6 Å². The first-order valence-electron chi connectivity index (χ1n) is 8.99. The molecule has 2 aromatic heterocycles. The zero-order valence-corrected chi connectivity index (χ0v) is 16.1. The molecule has 0 fully saturated rings. The normalized spacial score (nSPS) is 11.2. The summed E-state index contributed by atoms with van der Waals surface area (Å²) in [7, 11) is 1.48. The summed E-state index contributed by atoms with van der Waals surface area (Å²) in [5.41, 5.74) is 1.97. The fourth-order valence-corrected chi connectivity index (χ4v) is 3.55. The summed E-state index contributed by atoms with van der Waals surface area (Å²) in [6.45, 7) is 0.814. The predicted molar refractivity (Wildman–Crippen MR) is 110 cm³/mol. The first-order valence-corrected chi connectivity index (χ1v) is 9.37. The maximum atomic E-state index is 12.8. The summed E-state index contributed by atoms with van der Waals surface area (Å²) in [5.74, 6) is 0. The molecule has 0 amide bonds. The predicted octanol–water partition coefficient (Wildman–Crippen LogP) is 2.84. The van der Waals surface area contributed by atoms with Crippen LogP contribution in [0.1, 0.15) is 11.1 Å². The summed E-state index contributed by atoms with van der Waals surface area (Å²) in [6, 6.07) is 19.6. The van der Waals surface area contributed by atoms with Crippen LogP contribution in [0.2, 0.25) is 5.28 Å². The van der Waals surface area contributed by atoms with Crippen molar-refractivity contribution in [1.82, 2.24) is 18.7 Å². The van der Waals surface area contributed by atoms with Crippen LogP contribution in [-0.4, -0.2) is 18.7 Å². The van der Waals surface area contributed by atoms with E-state index in [0.29, 0.717) is 30.7 Å². The summed E-state index contributed by atoms with van der Waals surface area (Å²) in [5, 5.41) is 0.190. The average Bonchev–Trinajstić information content (AvgIpc) is 3.04. The zero-order valence-electron chi connectivity index (χ0n) is 15.4. The zero-order chi connectivity index (χ0) is 19.7. The number of imidazole rings is 1. The van der Waals surface area contributed by atoms with E-state index in [1.54, 1.807) is 4.57 Å². The van der Waals surface area contributed by atoms with Gasteiger partial charge in [-0.15, -0.1) is 0 Å². The molecule has 0 saturated carbocycles. The van der Waals surface area contributed by atoms with Gasteiger partial charge in [-0.2, -0.15) is 4.98 Å². The van der Waals surface area contributed by atoms with E-state index in [2.05, 4.69) is 4.98 Å². The SMILES string of the molecule is Cn1c(=O)c2c(nc(Cl)n2Cc2ccccc2)n(CCc2ccccc2)c1=O. The second kappa shape index (κ2) is 7.48. The molecule has 2 heterocycles. The molecule has 2 aromatic carbocycles. The summed E-state index contributed by atoms with van der Waals surface area (Å²) in [6.07, 6.45) is 0.650. The lowest BCUT2D eigenvalue weighted by Gasteiger charge is -2.10. The largest absolute Gasteiger partial charge is 0.332 e. The van der Waals surface area contributed by atoms with Crippen LogP contribution in [0, 0.1) is 0 Å². The molecule has 0 N–H and O–H groups in total. The Kier molecular flexibility index (Phi) is 4.88. The van der Waals surface area contributed by atoms with Crippen molar-refractivity contribution in [3.05, 3.63) is 97.9 Å². The summed E-state index contributed by atoms with van der Waals surface area (Å²) in [4.78, 5) is 29.9. The van der Waals surface area contributed by atoms with Gasteiger partial charge in [0.25, 0.3) is 5.56 Å². The molecule has 28 heavy (non-hydrogen) atoms. The molecular formula is C21H19ClN4O2. The van der Waals surface area contributed by atoms with Crippen LogP contribution in [0.3, 0.4) is 0 Å². The molecule has 4 aromatic rings. The number of rotatable bonds is 5. The maximum Gasteiger partial charge on any atom is 0.332 e. The Hall–Kier alpha value is -3.12. The van der Waals surface area contributed by atoms with Crippen molar-refractivity contribution in [2.75, 3.05) is 0 Å². The lowest BCUT2D eigenvalue weighted by Crippen LogP contribution is -2.39. The number of benzene rings is 2. The molecule has 142 valence electrons. The minimum atomic E-state index is -0.397. The Balaban J connectivity index is 1.83. The lowest BCUT2D eigenvalue weighted by atomic mass is 10.1. The lowest BCUT2D eigenvalue weighted by molar-refractivity contribution is 0.619. The molecule has 6 nitrogen and oxygen atoms in total. The average molecular weight is 395 g/mol. The van der Waals surface area contributed by atoms with Crippen molar-refractivity contribution in [3.8, 4) is 0 Å². The van der Waals surface area contributed by atoms with Crippen molar-refractivity contribution >= 4 is 22.8 Å². The van der Waals surface area contributed by atoms with Gasteiger partial charge in [-0.1, -0.05) is 60.7 Å². The van der Waals surface area contributed by atoms with E-state index < -0.39 is 11.2 Å². The Bertz CT molecular complexity index is 1240. The van der Waals surface area contributed by atoms with E-state index in [9.17, 15) is 9.59 Å². The van der Waals surface area contributed by atoms with Gasteiger partial charge in [0.15, 0.2) is 11.2 Å². The highest BCUT2D eigenvalue weighted by molar-refractivity contribution is 6.29. The number of nitrogens with zero attached hydrogens (tertiary/aromatic N) is 4. The number of hydrogen-bond donors (Lipinski definition) is 0. The topological polar surface area (TPSA) is 61.8 Å². The van der Waals surface area contributed by atoms with Crippen LogP contribution in [0.4, 0.5) is 0 Å². The van der Waals surface area contributed by atoms with Gasteiger partial charge >= 0.3 is 5.69 Å². The molecule has 4 rings (SSSR count). The highest BCUT2D eigenvalue weighted by Crippen LogP contribution is 2.18. The first-order chi connectivity index (χ1) is 13.6. The number of halogens is 1. The van der Waals surface area contributed by atoms with Gasteiger partial charge in [-0.05, 0) is 29.1 Å². The van der Waals surface area contributed by atoms with Gasteiger partial charge in [-0.25, -0.2) is 4.79 Å².